The number of rotatable bonds is 10. The van der Waals surface area contributed by atoms with Crippen molar-refractivity contribution in [1.82, 2.24) is 4.98 Å². The van der Waals surface area contributed by atoms with Crippen LogP contribution in [0.25, 0.3) is 22.0 Å². The average Bonchev–Trinajstić information content (AvgIpc) is 2.99. The third-order valence-corrected chi connectivity index (χ3v) is 10.8. The quantitative estimate of drug-likeness (QED) is 0.158. The minimum atomic E-state index is -3.38. The largest absolute Gasteiger partial charge is 0.293 e. The fraction of sp³-hybridized carbons (Fsp3) is 0.222. The SMILES string of the molecule is Cc1ccc(C(=O)C(Cc2cccc(-c3cc(CC(C)S(C)(=O)=O)cc4cccnc34)c2)c2ccc(S(C)(=O)=O)cc2)cc1. The first kappa shape index (κ1) is 31.3. The van der Waals surface area contributed by atoms with E-state index in [4.69, 9.17) is 0 Å². The number of Topliss-reactive ketones (excluding diaryl/α,β-unsaturated/α-hetero) is 1. The van der Waals surface area contributed by atoms with Gasteiger partial charge in [-0.25, -0.2) is 16.8 Å². The Kier molecular flexibility index (Phi) is 8.86. The van der Waals surface area contributed by atoms with Crippen molar-refractivity contribution in [2.45, 2.75) is 42.8 Å². The molecular formula is C36H35NO5S2. The van der Waals surface area contributed by atoms with Crippen LogP contribution >= 0.6 is 0 Å². The number of carbonyl (C=O) groups excluding carboxylic acids is 1. The first-order chi connectivity index (χ1) is 20.8. The van der Waals surface area contributed by atoms with Crippen LogP contribution in [0.3, 0.4) is 0 Å². The van der Waals surface area contributed by atoms with Crippen LogP contribution in [0.15, 0.2) is 108 Å². The number of aryl methyl sites for hydroxylation is 1. The maximum atomic E-state index is 13.9. The van der Waals surface area contributed by atoms with Gasteiger partial charge in [0.15, 0.2) is 15.6 Å². The Morgan fingerprint density at radius 3 is 2.14 bits per heavy atom. The smallest absolute Gasteiger partial charge is 0.175 e. The molecule has 0 aliphatic carbocycles. The lowest BCUT2D eigenvalue weighted by molar-refractivity contribution is 0.0959. The van der Waals surface area contributed by atoms with Crippen molar-refractivity contribution in [2.75, 3.05) is 12.5 Å². The molecule has 0 saturated heterocycles. The molecule has 0 spiro atoms. The molecule has 0 fully saturated rings. The van der Waals surface area contributed by atoms with Gasteiger partial charge in [-0.15, -0.1) is 0 Å². The molecule has 5 aromatic rings. The van der Waals surface area contributed by atoms with Gasteiger partial charge in [-0.05, 0) is 79.3 Å². The summed E-state index contributed by atoms with van der Waals surface area (Å²) in [5.41, 5.74) is 6.82. The van der Waals surface area contributed by atoms with Gasteiger partial charge in [0, 0.05) is 35.2 Å². The molecule has 1 heterocycles. The van der Waals surface area contributed by atoms with Crippen LogP contribution in [0.4, 0.5) is 0 Å². The van der Waals surface area contributed by atoms with Gasteiger partial charge in [-0.3, -0.25) is 9.78 Å². The number of pyridine rings is 1. The molecule has 44 heavy (non-hydrogen) atoms. The lowest BCUT2D eigenvalue weighted by Gasteiger charge is -2.18. The summed E-state index contributed by atoms with van der Waals surface area (Å²) in [6.07, 6.45) is 4.94. The lowest BCUT2D eigenvalue weighted by atomic mass is 9.84. The van der Waals surface area contributed by atoms with E-state index in [1.807, 2.05) is 79.7 Å². The number of carbonyl (C=O) groups is 1. The summed E-state index contributed by atoms with van der Waals surface area (Å²) in [5, 5.41) is 0.392. The Morgan fingerprint density at radius 1 is 0.773 bits per heavy atom. The molecule has 5 rings (SSSR count). The second-order valence-corrected chi connectivity index (χ2v) is 16.1. The molecule has 2 unspecified atom stereocenters. The Balaban J connectivity index is 1.56. The van der Waals surface area contributed by atoms with E-state index in [-0.39, 0.29) is 10.7 Å². The molecule has 1 aromatic heterocycles. The number of aromatic nitrogens is 1. The molecule has 2 atom stereocenters. The second-order valence-electron chi connectivity index (χ2n) is 11.6. The molecule has 226 valence electrons. The summed E-state index contributed by atoms with van der Waals surface area (Å²) < 4.78 is 48.6. The molecule has 8 heteroatoms. The van der Waals surface area contributed by atoms with Gasteiger partial charge in [0.25, 0.3) is 0 Å². The van der Waals surface area contributed by atoms with Gasteiger partial charge >= 0.3 is 0 Å². The van der Waals surface area contributed by atoms with E-state index < -0.39 is 30.8 Å². The van der Waals surface area contributed by atoms with Crippen LogP contribution in [0.5, 0.6) is 0 Å². The van der Waals surface area contributed by atoms with Crippen molar-refractivity contribution in [1.29, 1.82) is 0 Å². The maximum absolute atomic E-state index is 13.9. The van der Waals surface area contributed by atoms with E-state index in [1.165, 1.54) is 6.26 Å². The van der Waals surface area contributed by atoms with Crippen molar-refractivity contribution in [3.05, 3.63) is 131 Å². The minimum absolute atomic E-state index is 0.0496. The number of sulfone groups is 2. The van der Waals surface area contributed by atoms with Gasteiger partial charge in [0.05, 0.1) is 21.6 Å². The summed E-state index contributed by atoms with van der Waals surface area (Å²) in [6, 6.07) is 29.8. The van der Waals surface area contributed by atoms with Gasteiger partial charge < -0.3 is 0 Å². The van der Waals surface area contributed by atoms with Gasteiger partial charge in [0.2, 0.25) is 0 Å². The third-order valence-electron chi connectivity index (χ3n) is 8.06. The predicted octanol–water partition coefficient (Wildman–Crippen LogP) is 6.80. The van der Waals surface area contributed by atoms with Gasteiger partial charge in [0.1, 0.15) is 9.84 Å². The van der Waals surface area contributed by atoms with Gasteiger partial charge in [-0.2, -0.15) is 0 Å². The highest BCUT2D eigenvalue weighted by Gasteiger charge is 2.24. The van der Waals surface area contributed by atoms with Crippen LogP contribution in [-0.4, -0.2) is 45.4 Å². The van der Waals surface area contributed by atoms with Gasteiger partial charge in [-0.1, -0.05) is 72.3 Å². The third kappa shape index (κ3) is 7.14. The zero-order chi connectivity index (χ0) is 31.6. The van der Waals surface area contributed by atoms with Crippen LogP contribution < -0.4 is 0 Å². The summed E-state index contributed by atoms with van der Waals surface area (Å²) in [7, 11) is -6.58. The topological polar surface area (TPSA) is 98.2 Å². The maximum Gasteiger partial charge on any atom is 0.175 e. The van der Waals surface area contributed by atoms with Crippen molar-refractivity contribution in [3.8, 4) is 11.1 Å². The standard InChI is InChI=1S/C36H35NO5S2/c1-24-10-12-29(13-11-24)36(38)34(28-14-16-32(17-15-28)44(4,41)42)22-26-7-5-8-30(20-26)33-23-27(19-25(2)43(3,39)40)21-31-9-6-18-37-35(31)33/h5-18,20-21,23,25,34H,19,22H2,1-4H3. The molecule has 0 bridgehead atoms. The molecule has 4 aromatic carbocycles. The Bertz CT molecular complexity index is 2050. The summed E-state index contributed by atoms with van der Waals surface area (Å²) >= 11 is 0. The monoisotopic (exact) mass is 625 g/mol. The van der Waals surface area contributed by atoms with E-state index in [1.54, 1.807) is 37.4 Å². The van der Waals surface area contributed by atoms with Crippen molar-refractivity contribution >= 4 is 36.4 Å². The zero-order valence-electron chi connectivity index (χ0n) is 25.2. The Labute approximate surface area is 259 Å². The molecule has 0 saturated carbocycles. The predicted molar refractivity (Wildman–Crippen MR) is 177 cm³/mol. The highest BCUT2D eigenvalue weighted by Crippen LogP contribution is 2.33. The van der Waals surface area contributed by atoms with E-state index in [9.17, 15) is 21.6 Å². The number of nitrogens with zero attached hydrogens (tertiary/aromatic N) is 1. The normalized spacial score (nSPS) is 13.5. The molecule has 0 N–H and O–H groups in total. The summed E-state index contributed by atoms with van der Waals surface area (Å²) in [4.78, 5) is 18.8. The zero-order valence-corrected chi connectivity index (χ0v) is 26.8. The molecule has 0 amide bonds. The fourth-order valence-corrected chi connectivity index (χ4v) is 6.53. The Hall–Kier alpha value is -4.14. The first-order valence-electron chi connectivity index (χ1n) is 14.4. The summed E-state index contributed by atoms with van der Waals surface area (Å²) in [5.74, 6) is -0.593. The molecule has 0 radical (unpaired) electrons. The second kappa shape index (κ2) is 12.5. The van der Waals surface area contributed by atoms with E-state index >= 15 is 0 Å². The van der Waals surface area contributed by atoms with E-state index in [0.29, 0.717) is 18.4 Å². The Morgan fingerprint density at radius 2 is 1.48 bits per heavy atom. The van der Waals surface area contributed by atoms with Crippen molar-refractivity contribution in [3.63, 3.8) is 0 Å². The molecular weight excluding hydrogens is 591 g/mol. The van der Waals surface area contributed by atoms with Crippen LogP contribution in [0.2, 0.25) is 0 Å². The minimum Gasteiger partial charge on any atom is -0.293 e. The average molecular weight is 626 g/mol. The number of hydrogen-bond donors (Lipinski definition) is 0. The molecule has 6 nitrogen and oxygen atoms in total. The summed E-state index contributed by atoms with van der Waals surface area (Å²) in [6.45, 7) is 3.69. The van der Waals surface area contributed by atoms with Crippen molar-refractivity contribution < 1.29 is 21.6 Å². The van der Waals surface area contributed by atoms with Crippen molar-refractivity contribution in [2.24, 2.45) is 0 Å². The van der Waals surface area contributed by atoms with E-state index in [2.05, 4.69) is 4.98 Å². The fourth-order valence-electron chi connectivity index (χ4n) is 5.41. The number of fused-ring (bicyclic) bond motifs is 1. The van der Waals surface area contributed by atoms with E-state index in [0.717, 1.165) is 50.5 Å². The number of benzene rings is 4. The van der Waals surface area contributed by atoms with Crippen LogP contribution in [0, 0.1) is 6.92 Å². The molecule has 0 aliphatic heterocycles. The number of ketones is 1. The first-order valence-corrected chi connectivity index (χ1v) is 18.2. The highest BCUT2D eigenvalue weighted by molar-refractivity contribution is 7.91. The lowest BCUT2D eigenvalue weighted by Crippen LogP contribution is -2.18. The van der Waals surface area contributed by atoms with Crippen LogP contribution in [0.1, 0.15) is 45.5 Å². The number of hydrogen-bond acceptors (Lipinski definition) is 6. The highest BCUT2D eigenvalue weighted by atomic mass is 32.2. The van der Waals surface area contributed by atoms with Crippen LogP contribution in [-0.2, 0) is 32.5 Å². The molecule has 0 aliphatic rings.